The Morgan fingerprint density at radius 3 is 1.91 bits per heavy atom. The molecule has 1 unspecified atom stereocenters. The zero-order valence-electron chi connectivity index (χ0n) is 12.4. The highest BCUT2D eigenvalue weighted by atomic mass is 35.5. The normalized spacial score (nSPS) is 12.1. The number of carbonyl (C=O) groups excluding carboxylic acids is 1. The van der Waals surface area contributed by atoms with Gasteiger partial charge in [0, 0.05) is 7.11 Å². The van der Waals surface area contributed by atoms with Gasteiger partial charge in [0.05, 0.1) is 12.0 Å². The molecule has 1 atom stereocenters. The third kappa shape index (κ3) is 4.58. The van der Waals surface area contributed by atoms with Gasteiger partial charge in [0.2, 0.25) is 0 Å². The summed E-state index contributed by atoms with van der Waals surface area (Å²) in [4.78, 5) is 12.5. The van der Waals surface area contributed by atoms with Crippen molar-refractivity contribution in [3.8, 4) is 0 Å². The van der Waals surface area contributed by atoms with Gasteiger partial charge in [-0.3, -0.25) is 4.79 Å². The fourth-order valence-electron chi connectivity index (χ4n) is 2.24. The molecule has 0 N–H and O–H groups in total. The first-order valence-corrected chi connectivity index (χ1v) is 7.55. The molecule has 0 amide bonds. The molecule has 0 heterocycles. The molecule has 116 valence electrons. The number of carbonyl (C=O) groups is 1. The number of methoxy groups -OCH3 is 1. The van der Waals surface area contributed by atoms with Crippen LogP contribution in [-0.2, 0) is 14.3 Å². The van der Waals surface area contributed by atoms with Crippen molar-refractivity contribution in [1.29, 1.82) is 0 Å². The molecule has 3 nitrogen and oxygen atoms in total. The van der Waals surface area contributed by atoms with Gasteiger partial charge in [0.15, 0.2) is 0 Å². The lowest BCUT2D eigenvalue weighted by molar-refractivity contribution is -0.144. The molecule has 0 fully saturated rings. The highest BCUT2D eigenvalue weighted by Crippen LogP contribution is 2.26. The van der Waals surface area contributed by atoms with E-state index in [2.05, 4.69) is 0 Å². The minimum Gasteiger partial charge on any atom is -0.463 e. The first kappa shape index (κ1) is 16.5. The molecule has 0 spiro atoms. The Hall–Kier alpha value is -1.84. The predicted octanol–water partition coefficient (Wildman–Crippen LogP) is 3.62. The molecular formula is C18H19ClO3. The standard InChI is InChI=1S/C18H19ClO3/c1-21-12-16(19)13-22-18(20)17(14-8-4-2-5-9-14)15-10-6-3-7-11-15/h2-11,16-17H,12-13H2,1H3. The number of benzene rings is 2. The molecule has 0 saturated carbocycles. The van der Waals surface area contributed by atoms with Crippen LogP contribution >= 0.6 is 11.6 Å². The summed E-state index contributed by atoms with van der Waals surface area (Å²) in [5, 5.41) is -0.346. The Morgan fingerprint density at radius 2 is 1.45 bits per heavy atom. The maximum Gasteiger partial charge on any atom is 0.317 e. The van der Waals surface area contributed by atoms with Crippen LogP contribution in [0.3, 0.4) is 0 Å². The maximum absolute atomic E-state index is 12.5. The Kier molecular flexibility index (Phi) is 6.44. The van der Waals surface area contributed by atoms with Crippen molar-refractivity contribution in [2.75, 3.05) is 20.3 Å². The Morgan fingerprint density at radius 1 is 0.955 bits per heavy atom. The van der Waals surface area contributed by atoms with E-state index in [4.69, 9.17) is 21.1 Å². The summed E-state index contributed by atoms with van der Waals surface area (Å²) >= 11 is 6.02. The predicted molar refractivity (Wildman–Crippen MR) is 87.2 cm³/mol. The van der Waals surface area contributed by atoms with Crippen LogP contribution in [0.1, 0.15) is 17.0 Å². The first-order chi connectivity index (χ1) is 10.7. The Labute approximate surface area is 135 Å². The number of rotatable bonds is 7. The summed E-state index contributed by atoms with van der Waals surface area (Å²) in [6.45, 7) is 0.473. The van der Waals surface area contributed by atoms with E-state index < -0.39 is 5.92 Å². The Bertz CT molecular complexity index is 532. The van der Waals surface area contributed by atoms with Gasteiger partial charge >= 0.3 is 5.97 Å². The van der Waals surface area contributed by atoms with Crippen molar-refractivity contribution >= 4 is 17.6 Å². The third-order valence-corrected chi connectivity index (χ3v) is 3.51. The zero-order chi connectivity index (χ0) is 15.8. The van der Waals surface area contributed by atoms with E-state index in [0.29, 0.717) is 6.61 Å². The van der Waals surface area contributed by atoms with Gasteiger partial charge in [-0.15, -0.1) is 11.6 Å². The van der Waals surface area contributed by atoms with Gasteiger partial charge in [0.1, 0.15) is 12.5 Å². The van der Waals surface area contributed by atoms with Gasteiger partial charge in [-0.05, 0) is 11.1 Å². The van der Waals surface area contributed by atoms with Gasteiger partial charge in [0.25, 0.3) is 0 Å². The number of ether oxygens (including phenoxy) is 2. The molecule has 2 aromatic carbocycles. The SMILES string of the molecule is COCC(Cl)COC(=O)C(c1ccccc1)c1ccccc1. The van der Waals surface area contributed by atoms with Gasteiger partial charge in [-0.25, -0.2) is 0 Å². The smallest absolute Gasteiger partial charge is 0.317 e. The lowest BCUT2D eigenvalue weighted by Gasteiger charge is -2.18. The molecule has 22 heavy (non-hydrogen) atoms. The van der Waals surface area contributed by atoms with Crippen LogP contribution in [0.5, 0.6) is 0 Å². The average molecular weight is 319 g/mol. The van der Waals surface area contributed by atoms with Crippen LogP contribution in [0.15, 0.2) is 60.7 Å². The van der Waals surface area contributed by atoms with Crippen molar-refractivity contribution in [2.24, 2.45) is 0 Å². The van der Waals surface area contributed by atoms with Gasteiger partial charge in [-0.1, -0.05) is 60.7 Å². The lowest BCUT2D eigenvalue weighted by atomic mass is 9.91. The number of alkyl halides is 1. The Balaban J connectivity index is 2.17. The largest absolute Gasteiger partial charge is 0.463 e. The fourth-order valence-corrected chi connectivity index (χ4v) is 2.43. The van der Waals surface area contributed by atoms with Crippen molar-refractivity contribution < 1.29 is 14.3 Å². The first-order valence-electron chi connectivity index (χ1n) is 7.12. The zero-order valence-corrected chi connectivity index (χ0v) is 13.2. The summed E-state index contributed by atoms with van der Waals surface area (Å²) in [5.74, 6) is -0.757. The van der Waals surface area contributed by atoms with Crippen LogP contribution in [0.25, 0.3) is 0 Å². The van der Waals surface area contributed by atoms with E-state index >= 15 is 0 Å². The summed E-state index contributed by atoms with van der Waals surface area (Å²) in [7, 11) is 1.56. The second-order valence-electron chi connectivity index (χ2n) is 4.94. The van der Waals surface area contributed by atoms with Crippen molar-refractivity contribution in [3.05, 3.63) is 71.8 Å². The van der Waals surface area contributed by atoms with Gasteiger partial charge < -0.3 is 9.47 Å². The van der Waals surface area contributed by atoms with Crippen LogP contribution in [0.4, 0.5) is 0 Å². The van der Waals surface area contributed by atoms with Crippen molar-refractivity contribution in [3.63, 3.8) is 0 Å². The molecule has 0 saturated heterocycles. The molecule has 2 aromatic rings. The van der Waals surface area contributed by atoms with Crippen LogP contribution in [0, 0.1) is 0 Å². The van der Waals surface area contributed by atoms with E-state index in [0.717, 1.165) is 11.1 Å². The summed E-state index contributed by atoms with van der Waals surface area (Å²) in [6.07, 6.45) is 0. The molecule has 4 heteroatoms. The molecule has 0 aliphatic rings. The second kappa shape index (κ2) is 8.57. The van der Waals surface area contributed by atoms with E-state index in [-0.39, 0.29) is 18.0 Å². The maximum atomic E-state index is 12.5. The van der Waals surface area contributed by atoms with E-state index in [1.54, 1.807) is 7.11 Å². The number of halogens is 1. The molecule has 0 aromatic heterocycles. The number of hydrogen-bond acceptors (Lipinski definition) is 3. The van der Waals surface area contributed by atoms with Crippen molar-refractivity contribution in [2.45, 2.75) is 11.3 Å². The average Bonchev–Trinajstić information content (AvgIpc) is 2.55. The fraction of sp³-hybridized carbons (Fsp3) is 0.278. The summed E-state index contributed by atoms with van der Waals surface area (Å²) in [5.41, 5.74) is 1.80. The van der Waals surface area contributed by atoms with E-state index in [9.17, 15) is 4.79 Å². The minimum atomic E-state index is -0.450. The lowest BCUT2D eigenvalue weighted by Crippen LogP contribution is -2.23. The van der Waals surface area contributed by atoms with Crippen LogP contribution in [0.2, 0.25) is 0 Å². The minimum absolute atomic E-state index is 0.129. The molecule has 0 aliphatic carbocycles. The molecule has 0 radical (unpaired) electrons. The quantitative estimate of drug-likeness (QED) is 0.578. The number of hydrogen-bond donors (Lipinski definition) is 0. The van der Waals surface area contributed by atoms with E-state index in [1.165, 1.54) is 0 Å². The van der Waals surface area contributed by atoms with Crippen LogP contribution < -0.4 is 0 Å². The topological polar surface area (TPSA) is 35.5 Å². The molecule has 0 aliphatic heterocycles. The summed E-state index contributed by atoms with van der Waals surface area (Å²) in [6, 6.07) is 19.2. The van der Waals surface area contributed by atoms with Gasteiger partial charge in [-0.2, -0.15) is 0 Å². The number of esters is 1. The van der Waals surface area contributed by atoms with Crippen LogP contribution in [-0.4, -0.2) is 31.7 Å². The van der Waals surface area contributed by atoms with Crippen molar-refractivity contribution in [1.82, 2.24) is 0 Å². The molecule has 2 rings (SSSR count). The monoisotopic (exact) mass is 318 g/mol. The highest BCUT2D eigenvalue weighted by Gasteiger charge is 2.24. The third-order valence-electron chi connectivity index (χ3n) is 3.26. The molecule has 0 bridgehead atoms. The molecular weight excluding hydrogens is 300 g/mol. The van der Waals surface area contributed by atoms with E-state index in [1.807, 2.05) is 60.7 Å². The second-order valence-corrected chi connectivity index (χ2v) is 5.55. The summed E-state index contributed by atoms with van der Waals surface area (Å²) < 4.78 is 10.3. The highest BCUT2D eigenvalue weighted by molar-refractivity contribution is 6.20.